The van der Waals surface area contributed by atoms with Crippen LogP contribution in [0, 0.1) is 0 Å². The number of phenolic OH excluding ortho intramolecular Hbond substituents is 1. The lowest BCUT2D eigenvalue weighted by Crippen LogP contribution is -2.01. The van der Waals surface area contributed by atoms with Crippen molar-refractivity contribution < 1.29 is 9.84 Å². The first-order valence-electron chi connectivity index (χ1n) is 6.10. The zero-order valence-corrected chi connectivity index (χ0v) is 12.2. The van der Waals surface area contributed by atoms with Crippen LogP contribution in [0.2, 0.25) is 0 Å². The Kier molecular flexibility index (Phi) is 6.20. The van der Waals surface area contributed by atoms with Gasteiger partial charge in [0.25, 0.3) is 0 Å². The summed E-state index contributed by atoms with van der Waals surface area (Å²) in [5.74, 6) is 2.20. The van der Waals surface area contributed by atoms with E-state index in [0.717, 1.165) is 29.6 Å². The van der Waals surface area contributed by atoms with Crippen molar-refractivity contribution in [1.82, 2.24) is 4.98 Å². The van der Waals surface area contributed by atoms with E-state index in [2.05, 4.69) is 11.1 Å². The van der Waals surface area contributed by atoms with Crippen LogP contribution in [0.3, 0.4) is 0 Å². The van der Waals surface area contributed by atoms with E-state index in [4.69, 9.17) is 9.84 Å². The summed E-state index contributed by atoms with van der Waals surface area (Å²) in [4.78, 5) is 4.30. The second kappa shape index (κ2) is 8.19. The summed E-state index contributed by atoms with van der Waals surface area (Å²) in [5, 5.41) is 10.3. The molecule has 0 aliphatic heterocycles. The number of rotatable bonds is 8. The number of thioether (sulfide) groups is 2. The summed E-state index contributed by atoms with van der Waals surface area (Å²) < 4.78 is 5.57. The van der Waals surface area contributed by atoms with Gasteiger partial charge in [0.2, 0.25) is 0 Å². The minimum absolute atomic E-state index is 0.307. The Balaban J connectivity index is 1.49. The number of H-pyrrole nitrogens is 1. The Morgan fingerprint density at radius 1 is 1.00 bits per heavy atom. The molecular formula is C14H17NO2S2. The number of aromatic hydroxyl groups is 1. The van der Waals surface area contributed by atoms with Gasteiger partial charge in [-0.15, -0.1) is 23.5 Å². The molecule has 0 saturated carbocycles. The van der Waals surface area contributed by atoms with Gasteiger partial charge in [-0.25, -0.2) is 0 Å². The van der Waals surface area contributed by atoms with Crippen molar-refractivity contribution in [1.29, 1.82) is 0 Å². The lowest BCUT2D eigenvalue weighted by Gasteiger charge is -2.04. The summed E-state index contributed by atoms with van der Waals surface area (Å²) in [6.07, 6.45) is 1.93. The minimum atomic E-state index is 0.307. The fourth-order valence-electron chi connectivity index (χ4n) is 1.48. The van der Waals surface area contributed by atoms with Crippen molar-refractivity contribution in [3.8, 4) is 5.75 Å². The highest BCUT2D eigenvalue weighted by Crippen LogP contribution is 2.20. The van der Waals surface area contributed by atoms with E-state index >= 15 is 0 Å². The molecule has 2 aromatic rings. The molecule has 3 nitrogen and oxygen atoms in total. The van der Waals surface area contributed by atoms with Crippen LogP contribution in [0.5, 0.6) is 5.75 Å². The number of aromatic nitrogens is 1. The first kappa shape index (κ1) is 14.4. The van der Waals surface area contributed by atoms with Gasteiger partial charge >= 0.3 is 0 Å². The fraction of sp³-hybridized carbons (Fsp3) is 0.286. The van der Waals surface area contributed by atoms with Crippen LogP contribution in [-0.2, 0) is 4.74 Å². The number of hydrogen-bond acceptors (Lipinski definition) is 4. The zero-order valence-electron chi connectivity index (χ0n) is 10.5. The Labute approximate surface area is 121 Å². The number of benzene rings is 1. The molecule has 0 spiro atoms. The number of aromatic amines is 1. The molecule has 0 radical (unpaired) electrons. The second-order valence-corrected chi connectivity index (χ2v) is 6.14. The van der Waals surface area contributed by atoms with Crippen molar-refractivity contribution in [2.75, 3.05) is 24.7 Å². The van der Waals surface area contributed by atoms with E-state index in [-0.39, 0.29) is 0 Å². The summed E-state index contributed by atoms with van der Waals surface area (Å²) in [7, 11) is 0. The third-order valence-corrected chi connectivity index (χ3v) is 4.30. The van der Waals surface area contributed by atoms with E-state index in [1.807, 2.05) is 24.4 Å². The van der Waals surface area contributed by atoms with E-state index < -0.39 is 0 Å². The second-order valence-electron chi connectivity index (χ2n) is 3.84. The standard InChI is InChI=1S/C14H17NO2S2/c16-12-3-5-13(6-4-12)18-10-8-17-9-11-19-14-2-1-7-15-14/h1-7,15-16H,8-11H2. The third kappa shape index (κ3) is 5.63. The molecule has 0 atom stereocenters. The van der Waals surface area contributed by atoms with Crippen LogP contribution in [-0.4, -0.2) is 34.8 Å². The smallest absolute Gasteiger partial charge is 0.115 e. The SMILES string of the molecule is Oc1ccc(SCCOCCSc2ccc[nH]2)cc1. The molecule has 0 bridgehead atoms. The molecule has 1 aromatic carbocycles. The van der Waals surface area contributed by atoms with Crippen LogP contribution in [0.25, 0.3) is 0 Å². The van der Waals surface area contributed by atoms with Gasteiger partial charge in [0.05, 0.1) is 18.2 Å². The Bertz CT molecular complexity index is 457. The number of ether oxygens (including phenoxy) is 1. The van der Waals surface area contributed by atoms with Crippen LogP contribution >= 0.6 is 23.5 Å². The first-order valence-corrected chi connectivity index (χ1v) is 8.07. The number of phenols is 1. The highest BCUT2D eigenvalue weighted by molar-refractivity contribution is 7.99. The summed E-state index contributed by atoms with van der Waals surface area (Å²) >= 11 is 3.50. The molecule has 0 aliphatic rings. The highest BCUT2D eigenvalue weighted by Gasteiger charge is 1.96. The van der Waals surface area contributed by atoms with E-state index in [9.17, 15) is 0 Å². The average Bonchev–Trinajstić information content (AvgIpc) is 2.93. The molecule has 0 fully saturated rings. The van der Waals surface area contributed by atoms with E-state index in [1.54, 1.807) is 35.7 Å². The predicted octanol–water partition coefficient (Wildman–Crippen LogP) is 3.62. The van der Waals surface area contributed by atoms with Gasteiger partial charge in [0.1, 0.15) is 5.75 Å². The van der Waals surface area contributed by atoms with Gasteiger partial charge in [-0.05, 0) is 36.4 Å². The monoisotopic (exact) mass is 295 g/mol. The number of nitrogens with one attached hydrogen (secondary N) is 1. The maximum absolute atomic E-state index is 9.16. The van der Waals surface area contributed by atoms with Crippen molar-refractivity contribution in [2.24, 2.45) is 0 Å². The maximum Gasteiger partial charge on any atom is 0.115 e. The lowest BCUT2D eigenvalue weighted by molar-refractivity contribution is 0.167. The van der Waals surface area contributed by atoms with Crippen molar-refractivity contribution in [3.05, 3.63) is 42.6 Å². The summed E-state index contributed by atoms with van der Waals surface area (Å²) in [6, 6.07) is 11.3. The predicted molar refractivity (Wildman–Crippen MR) is 81.2 cm³/mol. The van der Waals surface area contributed by atoms with Crippen LogP contribution in [0.4, 0.5) is 0 Å². The van der Waals surface area contributed by atoms with Crippen molar-refractivity contribution >= 4 is 23.5 Å². The summed E-state index contributed by atoms with van der Waals surface area (Å²) in [6.45, 7) is 1.51. The average molecular weight is 295 g/mol. The van der Waals surface area contributed by atoms with Gasteiger partial charge < -0.3 is 14.8 Å². The first-order chi connectivity index (χ1) is 9.34. The van der Waals surface area contributed by atoms with Crippen LogP contribution in [0.1, 0.15) is 0 Å². The van der Waals surface area contributed by atoms with Crippen LogP contribution < -0.4 is 0 Å². The molecule has 2 rings (SSSR count). The molecule has 5 heteroatoms. The van der Waals surface area contributed by atoms with Gasteiger partial charge in [-0.2, -0.15) is 0 Å². The molecule has 102 valence electrons. The maximum atomic E-state index is 9.16. The Morgan fingerprint density at radius 2 is 1.74 bits per heavy atom. The molecule has 2 N–H and O–H groups in total. The zero-order chi connectivity index (χ0) is 13.3. The van der Waals surface area contributed by atoms with Gasteiger partial charge in [-0.3, -0.25) is 0 Å². The van der Waals surface area contributed by atoms with E-state index in [1.165, 1.54) is 5.03 Å². The number of hydrogen-bond donors (Lipinski definition) is 2. The normalized spacial score (nSPS) is 10.7. The highest BCUT2D eigenvalue weighted by atomic mass is 32.2. The molecule has 19 heavy (non-hydrogen) atoms. The molecule has 1 heterocycles. The Morgan fingerprint density at radius 3 is 2.42 bits per heavy atom. The molecule has 0 unspecified atom stereocenters. The quantitative estimate of drug-likeness (QED) is 0.577. The Hall–Kier alpha value is -1.04. The van der Waals surface area contributed by atoms with Gasteiger partial charge in [0.15, 0.2) is 0 Å². The third-order valence-electron chi connectivity index (χ3n) is 2.39. The van der Waals surface area contributed by atoms with E-state index in [0.29, 0.717) is 5.75 Å². The van der Waals surface area contributed by atoms with Gasteiger partial charge in [-0.1, -0.05) is 0 Å². The van der Waals surface area contributed by atoms with Gasteiger partial charge in [0, 0.05) is 22.6 Å². The molecular weight excluding hydrogens is 278 g/mol. The fourth-order valence-corrected chi connectivity index (χ4v) is 2.99. The van der Waals surface area contributed by atoms with Crippen molar-refractivity contribution in [3.63, 3.8) is 0 Å². The lowest BCUT2D eigenvalue weighted by atomic mass is 10.3. The summed E-state index contributed by atoms with van der Waals surface area (Å²) in [5.41, 5.74) is 0. The topological polar surface area (TPSA) is 45.2 Å². The molecule has 1 aromatic heterocycles. The van der Waals surface area contributed by atoms with Crippen LogP contribution in [0.15, 0.2) is 52.5 Å². The molecule has 0 saturated heterocycles. The van der Waals surface area contributed by atoms with Crippen molar-refractivity contribution in [2.45, 2.75) is 9.92 Å². The minimum Gasteiger partial charge on any atom is -0.508 e. The molecule has 0 aliphatic carbocycles. The largest absolute Gasteiger partial charge is 0.508 e. The molecule has 0 amide bonds.